The van der Waals surface area contributed by atoms with Crippen LogP contribution in [0.3, 0.4) is 0 Å². The van der Waals surface area contributed by atoms with Gasteiger partial charge >= 0.3 is 0 Å². The molecule has 0 aliphatic rings. The van der Waals surface area contributed by atoms with Gasteiger partial charge in [-0.25, -0.2) is 4.39 Å². The van der Waals surface area contributed by atoms with Gasteiger partial charge in [-0.1, -0.05) is 12.1 Å². The maximum absolute atomic E-state index is 13.2. The van der Waals surface area contributed by atoms with E-state index in [-0.39, 0.29) is 11.9 Å². The first-order valence-electron chi connectivity index (χ1n) is 5.56. The van der Waals surface area contributed by atoms with E-state index in [1.165, 1.54) is 12.1 Å². The van der Waals surface area contributed by atoms with Crippen LogP contribution in [0.15, 0.2) is 42.6 Å². The van der Waals surface area contributed by atoms with Crippen LogP contribution in [0.2, 0.25) is 0 Å². The Bertz CT molecular complexity index is 466. The summed E-state index contributed by atoms with van der Waals surface area (Å²) >= 11 is 0. The first-order valence-corrected chi connectivity index (χ1v) is 5.56. The number of rotatable bonds is 3. The topological polar surface area (TPSA) is 24.9 Å². The average Bonchev–Trinajstić information content (AvgIpc) is 2.30. The van der Waals surface area contributed by atoms with E-state index in [0.29, 0.717) is 0 Å². The molecule has 0 bridgehead atoms. The minimum absolute atomic E-state index is 0.0781. The maximum atomic E-state index is 13.2. The predicted octanol–water partition coefficient (Wildman–Crippen LogP) is 2.84. The Balaban J connectivity index is 2.40. The molecule has 2 aromatic rings. The fourth-order valence-electron chi connectivity index (χ4n) is 1.89. The van der Waals surface area contributed by atoms with Crippen molar-refractivity contribution in [2.75, 3.05) is 7.05 Å². The van der Waals surface area contributed by atoms with E-state index >= 15 is 0 Å². The van der Waals surface area contributed by atoms with Crippen LogP contribution in [0.4, 0.5) is 4.39 Å². The zero-order valence-corrected chi connectivity index (χ0v) is 9.94. The molecule has 1 unspecified atom stereocenters. The van der Waals surface area contributed by atoms with E-state index in [4.69, 9.17) is 0 Å². The highest BCUT2D eigenvalue weighted by Crippen LogP contribution is 2.21. The molecule has 2 nitrogen and oxygen atoms in total. The lowest BCUT2D eigenvalue weighted by Gasteiger charge is -2.16. The fraction of sp³-hybridized carbons (Fsp3) is 0.214. The molecule has 0 spiro atoms. The summed E-state index contributed by atoms with van der Waals surface area (Å²) in [5.74, 6) is -0.226. The number of aromatic nitrogens is 1. The molecular formula is C14H15FN2. The van der Waals surface area contributed by atoms with E-state index in [0.717, 1.165) is 16.8 Å². The second-order valence-electron chi connectivity index (χ2n) is 4.03. The number of hydrogen-bond donors (Lipinski definition) is 1. The number of benzene rings is 1. The molecule has 1 atom stereocenters. The molecule has 0 saturated carbocycles. The first kappa shape index (κ1) is 11.7. The number of hydrogen-bond acceptors (Lipinski definition) is 2. The van der Waals surface area contributed by atoms with E-state index < -0.39 is 0 Å². The lowest BCUT2D eigenvalue weighted by molar-refractivity contribution is 0.614. The van der Waals surface area contributed by atoms with Gasteiger partial charge < -0.3 is 5.32 Å². The molecular weight excluding hydrogens is 215 g/mol. The normalized spacial score (nSPS) is 12.4. The molecule has 0 fully saturated rings. The monoisotopic (exact) mass is 230 g/mol. The van der Waals surface area contributed by atoms with E-state index in [9.17, 15) is 4.39 Å². The van der Waals surface area contributed by atoms with Crippen molar-refractivity contribution in [2.45, 2.75) is 13.0 Å². The van der Waals surface area contributed by atoms with Crippen LogP contribution >= 0.6 is 0 Å². The van der Waals surface area contributed by atoms with Crippen LogP contribution < -0.4 is 5.32 Å². The number of nitrogens with one attached hydrogen (secondary N) is 1. The lowest BCUT2D eigenvalue weighted by Crippen LogP contribution is -2.19. The summed E-state index contributed by atoms with van der Waals surface area (Å²) in [4.78, 5) is 4.33. The van der Waals surface area contributed by atoms with Crippen LogP contribution in [-0.4, -0.2) is 12.0 Å². The van der Waals surface area contributed by atoms with Gasteiger partial charge in [0, 0.05) is 6.20 Å². The smallest absolute Gasteiger partial charge is 0.123 e. The average molecular weight is 230 g/mol. The van der Waals surface area contributed by atoms with Crippen molar-refractivity contribution in [3.63, 3.8) is 0 Å². The molecule has 0 saturated heterocycles. The third kappa shape index (κ3) is 2.68. The van der Waals surface area contributed by atoms with Gasteiger partial charge in [0.1, 0.15) is 5.82 Å². The lowest BCUT2D eigenvalue weighted by atomic mass is 10.0. The zero-order chi connectivity index (χ0) is 12.3. The summed E-state index contributed by atoms with van der Waals surface area (Å²) in [7, 11) is 1.85. The van der Waals surface area contributed by atoms with Gasteiger partial charge in [0.05, 0.1) is 11.7 Å². The van der Waals surface area contributed by atoms with Crippen molar-refractivity contribution in [2.24, 2.45) is 0 Å². The molecule has 1 heterocycles. The Morgan fingerprint density at radius 1 is 1.24 bits per heavy atom. The van der Waals surface area contributed by atoms with Crippen molar-refractivity contribution < 1.29 is 4.39 Å². The van der Waals surface area contributed by atoms with Crippen molar-refractivity contribution >= 4 is 0 Å². The van der Waals surface area contributed by atoms with Crippen molar-refractivity contribution in [3.05, 3.63) is 65.2 Å². The summed E-state index contributed by atoms with van der Waals surface area (Å²) in [6, 6.07) is 10.5. The highest BCUT2D eigenvalue weighted by Gasteiger charge is 2.13. The van der Waals surface area contributed by atoms with Crippen molar-refractivity contribution in [3.8, 4) is 0 Å². The summed E-state index contributed by atoms with van der Waals surface area (Å²) in [5, 5.41) is 3.16. The van der Waals surface area contributed by atoms with Gasteiger partial charge in [-0.05, 0) is 49.4 Å². The first-order chi connectivity index (χ1) is 8.20. The van der Waals surface area contributed by atoms with Gasteiger partial charge in [-0.3, -0.25) is 4.98 Å². The van der Waals surface area contributed by atoms with Crippen LogP contribution in [0.5, 0.6) is 0 Å². The molecule has 0 aliphatic heterocycles. The van der Waals surface area contributed by atoms with Gasteiger partial charge in [0.2, 0.25) is 0 Å². The second-order valence-corrected chi connectivity index (χ2v) is 4.03. The Morgan fingerprint density at radius 3 is 2.71 bits per heavy atom. The molecule has 1 N–H and O–H groups in total. The summed E-state index contributed by atoms with van der Waals surface area (Å²) < 4.78 is 13.2. The standard InChI is InChI=1S/C14H15FN2/c1-10-6-7-17-13(8-10)14(16-2)11-4-3-5-12(15)9-11/h3-9,14,16H,1-2H3. The van der Waals surface area contributed by atoms with Gasteiger partial charge in [-0.15, -0.1) is 0 Å². The molecule has 88 valence electrons. The molecule has 0 radical (unpaired) electrons. The molecule has 1 aromatic carbocycles. The SMILES string of the molecule is CNC(c1cccc(F)c1)c1cc(C)ccn1. The van der Waals surface area contributed by atoms with Gasteiger partial charge in [-0.2, -0.15) is 0 Å². The van der Waals surface area contributed by atoms with Crippen LogP contribution in [0.1, 0.15) is 22.9 Å². The highest BCUT2D eigenvalue weighted by molar-refractivity contribution is 5.29. The zero-order valence-electron chi connectivity index (χ0n) is 9.94. The van der Waals surface area contributed by atoms with Crippen LogP contribution in [0.25, 0.3) is 0 Å². The molecule has 0 amide bonds. The Morgan fingerprint density at radius 2 is 2.06 bits per heavy atom. The molecule has 17 heavy (non-hydrogen) atoms. The fourth-order valence-corrected chi connectivity index (χ4v) is 1.89. The summed E-state index contributed by atoms with van der Waals surface area (Å²) in [5.41, 5.74) is 2.93. The number of nitrogens with zero attached hydrogens (tertiary/aromatic N) is 1. The minimum atomic E-state index is -0.226. The van der Waals surface area contributed by atoms with E-state index in [2.05, 4.69) is 10.3 Å². The number of pyridine rings is 1. The third-order valence-corrected chi connectivity index (χ3v) is 2.70. The van der Waals surface area contributed by atoms with Gasteiger partial charge in [0.15, 0.2) is 0 Å². The minimum Gasteiger partial charge on any atom is -0.308 e. The van der Waals surface area contributed by atoms with Crippen LogP contribution in [-0.2, 0) is 0 Å². The third-order valence-electron chi connectivity index (χ3n) is 2.70. The Hall–Kier alpha value is -1.74. The second kappa shape index (κ2) is 5.06. The number of halogens is 1. The quantitative estimate of drug-likeness (QED) is 0.877. The maximum Gasteiger partial charge on any atom is 0.123 e. The molecule has 1 aromatic heterocycles. The Kier molecular flexibility index (Phi) is 3.49. The highest BCUT2D eigenvalue weighted by atomic mass is 19.1. The van der Waals surface area contributed by atoms with Crippen molar-refractivity contribution in [1.29, 1.82) is 0 Å². The van der Waals surface area contributed by atoms with E-state index in [1.807, 2.05) is 32.2 Å². The molecule has 3 heteroatoms. The number of aryl methyl sites for hydroxylation is 1. The Labute approximate surface area is 101 Å². The summed E-state index contributed by atoms with van der Waals surface area (Å²) in [6.07, 6.45) is 1.77. The predicted molar refractivity (Wildman–Crippen MR) is 66.3 cm³/mol. The van der Waals surface area contributed by atoms with Gasteiger partial charge in [0.25, 0.3) is 0 Å². The van der Waals surface area contributed by atoms with Crippen LogP contribution in [0, 0.1) is 12.7 Å². The largest absolute Gasteiger partial charge is 0.308 e. The van der Waals surface area contributed by atoms with E-state index in [1.54, 1.807) is 12.3 Å². The molecule has 2 rings (SSSR count). The summed E-state index contributed by atoms with van der Waals surface area (Å²) in [6.45, 7) is 2.02. The molecule has 0 aliphatic carbocycles. The van der Waals surface area contributed by atoms with Crippen molar-refractivity contribution in [1.82, 2.24) is 10.3 Å².